The zero-order valence-electron chi connectivity index (χ0n) is 15.1. The van der Waals surface area contributed by atoms with Gasteiger partial charge in [-0.15, -0.1) is 0 Å². The molecule has 1 amide bonds. The maximum atomic E-state index is 13.1. The molecule has 0 spiro atoms. The van der Waals surface area contributed by atoms with Crippen molar-refractivity contribution >= 4 is 23.4 Å². The first-order valence-electron chi connectivity index (χ1n) is 8.36. The van der Waals surface area contributed by atoms with E-state index in [1.807, 2.05) is 13.8 Å². The monoisotopic (exact) mass is 399 g/mol. The van der Waals surface area contributed by atoms with Gasteiger partial charge in [0, 0.05) is 6.07 Å². The van der Waals surface area contributed by atoms with E-state index in [4.69, 9.17) is 0 Å². The molecule has 1 aromatic heterocycles. The molecule has 0 radical (unpaired) electrons. The first kappa shape index (κ1) is 21.0. The maximum absolute atomic E-state index is 13.1. The molecule has 2 aromatic rings. The van der Waals surface area contributed by atoms with Gasteiger partial charge in [0.15, 0.2) is 5.16 Å². The Labute approximate surface area is 158 Å². The van der Waals surface area contributed by atoms with Gasteiger partial charge in [0.25, 0.3) is 5.56 Å². The van der Waals surface area contributed by atoms with Crippen molar-refractivity contribution in [2.75, 3.05) is 5.32 Å². The third-order valence-corrected chi connectivity index (χ3v) is 4.99. The minimum Gasteiger partial charge on any atom is -0.325 e. The molecule has 2 N–H and O–H groups in total. The van der Waals surface area contributed by atoms with Gasteiger partial charge in [-0.3, -0.25) is 9.59 Å². The maximum Gasteiger partial charge on any atom is 0.418 e. The van der Waals surface area contributed by atoms with Crippen LogP contribution in [0.2, 0.25) is 0 Å². The van der Waals surface area contributed by atoms with Crippen molar-refractivity contribution in [3.05, 3.63) is 51.9 Å². The highest BCUT2D eigenvalue weighted by atomic mass is 32.2. The average Bonchev–Trinajstić information content (AvgIpc) is 2.58. The molecule has 0 aliphatic carbocycles. The number of nitrogens with zero attached hydrogens (tertiary/aromatic N) is 1. The summed E-state index contributed by atoms with van der Waals surface area (Å²) in [6, 6.07) is 6.18. The Kier molecular flexibility index (Phi) is 6.69. The molecule has 1 heterocycles. The van der Waals surface area contributed by atoms with Crippen LogP contribution < -0.4 is 10.9 Å². The lowest BCUT2D eigenvalue weighted by Gasteiger charge is -2.17. The first-order chi connectivity index (χ1) is 12.6. The number of amides is 1. The van der Waals surface area contributed by atoms with Crippen LogP contribution >= 0.6 is 11.8 Å². The van der Waals surface area contributed by atoms with E-state index < -0.39 is 22.9 Å². The first-order valence-corrected chi connectivity index (χ1v) is 9.24. The van der Waals surface area contributed by atoms with E-state index in [-0.39, 0.29) is 22.3 Å². The van der Waals surface area contributed by atoms with Crippen LogP contribution in [-0.2, 0) is 11.0 Å². The number of carbonyl (C=O) groups excluding carboxylic acids is 1. The molecule has 0 saturated carbocycles. The van der Waals surface area contributed by atoms with Crippen molar-refractivity contribution in [2.45, 2.75) is 49.7 Å². The average molecular weight is 399 g/mol. The summed E-state index contributed by atoms with van der Waals surface area (Å²) in [5.41, 5.74) is -0.967. The number of rotatable bonds is 6. The van der Waals surface area contributed by atoms with Crippen LogP contribution in [0.15, 0.2) is 40.3 Å². The largest absolute Gasteiger partial charge is 0.418 e. The number of alkyl halides is 3. The quantitative estimate of drug-likeness (QED) is 0.557. The Morgan fingerprint density at radius 2 is 1.96 bits per heavy atom. The number of nitrogens with one attached hydrogen (secondary N) is 2. The van der Waals surface area contributed by atoms with Crippen LogP contribution in [0.3, 0.4) is 0 Å². The second-order valence-corrected chi connectivity index (χ2v) is 7.37. The number of hydrogen-bond acceptors (Lipinski definition) is 4. The van der Waals surface area contributed by atoms with Gasteiger partial charge in [0.1, 0.15) is 0 Å². The van der Waals surface area contributed by atoms with E-state index in [0.29, 0.717) is 12.1 Å². The number of para-hydroxylation sites is 1. The van der Waals surface area contributed by atoms with Gasteiger partial charge in [0.2, 0.25) is 5.91 Å². The SMILES string of the molecule is CCC(Sc1nc(C(C)C)cc(=O)[nH]1)C(=O)Nc1ccccc1C(F)(F)F. The highest BCUT2D eigenvalue weighted by molar-refractivity contribution is 8.00. The number of benzene rings is 1. The van der Waals surface area contributed by atoms with E-state index in [9.17, 15) is 22.8 Å². The lowest BCUT2D eigenvalue weighted by Crippen LogP contribution is -2.26. The van der Waals surface area contributed by atoms with Crippen molar-refractivity contribution < 1.29 is 18.0 Å². The van der Waals surface area contributed by atoms with Crippen LogP contribution in [0.25, 0.3) is 0 Å². The van der Waals surface area contributed by atoms with Crippen molar-refractivity contribution in [1.29, 1.82) is 0 Å². The standard InChI is InChI=1S/C18H20F3N3O2S/c1-4-14(27-17-23-13(10(2)3)9-15(25)24-17)16(26)22-12-8-6-5-7-11(12)18(19,20)21/h5-10,14H,4H2,1-3H3,(H,22,26)(H,23,24,25). The molecule has 5 nitrogen and oxygen atoms in total. The molecule has 0 aliphatic rings. The van der Waals surface area contributed by atoms with Crippen LogP contribution in [0.1, 0.15) is 44.4 Å². The van der Waals surface area contributed by atoms with Gasteiger partial charge < -0.3 is 10.3 Å². The van der Waals surface area contributed by atoms with Gasteiger partial charge in [-0.05, 0) is 24.5 Å². The Balaban J connectivity index is 2.22. The second-order valence-electron chi connectivity index (χ2n) is 6.18. The highest BCUT2D eigenvalue weighted by Crippen LogP contribution is 2.35. The van der Waals surface area contributed by atoms with Gasteiger partial charge in [-0.25, -0.2) is 4.98 Å². The fraction of sp³-hybridized carbons (Fsp3) is 0.389. The van der Waals surface area contributed by atoms with E-state index in [1.165, 1.54) is 24.3 Å². The number of hydrogen-bond donors (Lipinski definition) is 2. The Bertz CT molecular complexity index is 865. The predicted octanol–water partition coefficient (Wildman–Crippen LogP) is 4.42. The third-order valence-electron chi connectivity index (χ3n) is 3.74. The number of H-pyrrole nitrogens is 1. The van der Waals surface area contributed by atoms with Gasteiger partial charge >= 0.3 is 6.18 Å². The summed E-state index contributed by atoms with van der Waals surface area (Å²) in [6.07, 6.45) is -4.22. The summed E-state index contributed by atoms with van der Waals surface area (Å²) in [7, 11) is 0. The Morgan fingerprint density at radius 1 is 1.30 bits per heavy atom. The van der Waals surface area contributed by atoms with Crippen LogP contribution in [0, 0.1) is 0 Å². The number of carbonyl (C=O) groups is 1. The molecule has 0 saturated heterocycles. The molecule has 9 heteroatoms. The smallest absolute Gasteiger partial charge is 0.325 e. The molecule has 0 fully saturated rings. The summed E-state index contributed by atoms with van der Waals surface area (Å²) in [4.78, 5) is 31.2. The van der Waals surface area contributed by atoms with Crippen molar-refractivity contribution in [1.82, 2.24) is 9.97 Å². The molecule has 27 heavy (non-hydrogen) atoms. The molecule has 1 unspecified atom stereocenters. The summed E-state index contributed by atoms with van der Waals surface area (Å²) in [6.45, 7) is 5.50. The van der Waals surface area contributed by atoms with Crippen molar-refractivity contribution in [3.8, 4) is 0 Å². The molecule has 1 atom stereocenters. The van der Waals surface area contributed by atoms with Crippen LogP contribution in [0.4, 0.5) is 18.9 Å². The number of aromatic amines is 1. The third kappa shape index (κ3) is 5.59. The molecular weight excluding hydrogens is 379 g/mol. The number of halogens is 3. The summed E-state index contributed by atoms with van der Waals surface area (Å²) < 4.78 is 39.3. The Hall–Kier alpha value is -2.29. The lowest BCUT2D eigenvalue weighted by atomic mass is 10.1. The van der Waals surface area contributed by atoms with Crippen LogP contribution in [-0.4, -0.2) is 21.1 Å². The molecule has 2 rings (SSSR count). The van der Waals surface area contributed by atoms with E-state index in [2.05, 4.69) is 15.3 Å². The van der Waals surface area contributed by atoms with E-state index in [1.54, 1.807) is 6.92 Å². The molecule has 1 aromatic carbocycles. The zero-order valence-corrected chi connectivity index (χ0v) is 15.9. The molecular formula is C18H20F3N3O2S. The summed E-state index contributed by atoms with van der Waals surface area (Å²) in [5, 5.41) is 1.89. The second kappa shape index (κ2) is 8.60. The topological polar surface area (TPSA) is 74.8 Å². The van der Waals surface area contributed by atoms with E-state index >= 15 is 0 Å². The van der Waals surface area contributed by atoms with Crippen molar-refractivity contribution in [2.24, 2.45) is 0 Å². The molecule has 0 bridgehead atoms. The van der Waals surface area contributed by atoms with E-state index in [0.717, 1.165) is 17.8 Å². The molecule has 146 valence electrons. The summed E-state index contributed by atoms with van der Waals surface area (Å²) >= 11 is 1.02. The number of anilines is 1. The minimum atomic E-state index is -4.57. The van der Waals surface area contributed by atoms with Crippen molar-refractivity contribution in [3.63, 3.8) is 0 Å². The number of thioether (sulfide) groups is 1. The zero-order chi connectivity index (χ0) is 20.2. The highest BCUT2D eigenvalue weighted by Gasteiger charge is 2.34. The van der Waals surface area contributed by atoms with Gasteiger partial charge in [-0.1, -0.05) is 44.7 Å². The predicted molar refractivity (Wildman–Crippen MR) is 99.0 cm³/mol. The van der Waals surface area contributed by atoms with Gasteiger partial charge in [-0.2, -0.15) is 13.2 Å². The van der Waals surface area contributed by atoms with Gasteiger partial charge in [0.05, 0.1) is 22.2 Å². The molecule has 0 aliphatic heterocycles. The summed E-state index contributed by atoms with van der Waals surface area (Å²) in [5.74, 6) is -0.559. The van der Waals surface area contributed by atoms with Crippen LogP contribution in [0.5, 0.6) is 0 Å². The fourth-order valence-electron chi connectivity index (χ4n) is 2.31. The lowest BCUT2D eigenvalue weighted by molar-refractivity contribution is -0.137. The Morgan fingerprint density at radius 3 is 2.56 bits per heavy atom. The number of aromatic nitrogens is 2. The normalized spacial score (nSPS) is 12.9. The minimum absolute atomic E-state index is 0.0271. The fourth-order valence-corrected chi connectivity index (χ4v) is 3.23.